The molecule has 2 heterocycles. The number of piperazine rings is 1. The molecule has 1 N–H and O–H groups in total. The van der Waals surface area contributed by atoms with Crippen molar-refractivity contribution < 1.29 is 9.53 Å². The van der Waals surface area contributed by atoms with Crippen LogP contribution in [0.1, 0.15) is 17.4 Å². The van der Waals surface area contributed by atoms with Gasteiger partial charge in [-0.2, -0.15) is 0 Å². The van der Waals surface area contributed by atoms with Gasteiger partial charge >= 0.3 is 0 Å². The van der Waals surface area contributed by atoms with Crippen LogP contribution in [0.2, 0.25) is 5.02 Å². The van der Waals surface area contributed by atoms with Crippen LogP contribution in [-0.4, -0.2) is 49.6 Å². The molecular formula is C27H30ClN3O2S. The van der Waals surface area contributed by atoms with E-state index in [1.54, 1.807) is 17.4 Å². The van der Waals surface area contributed by atoms with Crippen LogP contribution < -0.4 is 15.0 Å². The second kappa shape index (κ2) is 12.1. The first-order valence-corrected chi connectivity index (χ1v) is 12.8. The number of carbonyl (C=O) groups excluding carboxylic acids is 1. The predicted octanol–water partition coefficient (Wildman–Crippen LogP) is 5.32. The molecule has 178 valence electrons. The molecule has 34 heavy (non-hydrogen) atoms. The van der Waals surface area contributed by atoms with Gasteiger partial charge in [0.25, 0.3) is 0 Å². The number of rotatable bonds is 9. The second-order valence-electron chi connectivity index (χ2n) is 8.41. The number of carbonyl (C=O) groups is 1. The third-order valence-electron chi connectivity index (χ3n) is 5.69. The van der Waals surface area contributed by atoms with E-state index in [0.29, 0.717) is 6.54 Å². The standard InChI is InChI=1S/C27H30ClN3O2S/c1-21(19-29-27(32)11-10-26-9-4-16-34-26)33-25-8-2-5-22(17-25)20-30-12-14-31(15-13-30)24-7-3-6-23(28)18-24/h2-11,16-18,21H,12-15,19-20H2,1H3,(H,29,32). The van der Waals surface area contributed by atoms with Crippen LogP contribution in [0.25, 0.3) is 6.08 Å². The van der Waals surface area contributed by atoms with Crippen molar-refractivity contribution >= 4 is 40.6 Å². The van der Waals surface area contributed by atoms with E-state index < -0.39 is 0 Å². The summed E-state index contributed by atoms with van der Waals surface area (Å²) in [7, 11) is 0. The maximum atomic E-state index is 12.0. The second-order valence-corrected chi connectivity index (χ2v) is 9.83. The third-order valence-corrected chi connectivity index (χ3v) is 6.77. The summed E-state index contributed by atoms with van der Waals surface area (Å²) in [5.74, 6) is 0.709. The smallest absolute Gasteiger partial charge is 0.244 e. The van der Waals surface area contributed by atoms with E-state index in [1.165, 1.54) is 11.3 Å². The Balaban J connectivity index is 1.22. The zero-order chi connectivity index (χ0) is 23.8. The molecule has 2 aromatic carbocycles. The Labute approximate surface area is 210 Å². The molecule has 7 heteroatoms. The molecule has 1 unspecified atom stereocenters. The number of anilines is 1. The normalized spacial score (nSPS) is 15.4. The van der Waals surface area contributed by atoms with E-state index in [9.17, 15) is 4.79 Å². The Hall–Kier alpha value is -2.80. The van der Waals surface area contributed by atoms with E-state index in [1.807, 2.05) is 60.8 Å². The van der Waals surface area contributed by atoms with Crippen molar-refractivity contribution in [3.8, 4) is 5.75 Å². The average Bonchev–Trinajstić information content (AvgIpc) is 3.36. The predicted molar refractivity (Wildman–Crippen MR) is 142 cm³/mol. The van der Waals surface area contributed by atoms with Gasteiger partial charge in [0.2, 0.25) is 5.91 Å². The van der Waals surface area contributed by atoms with Crippen LogP contribution in [0.15, 0.2) is 72.1 Å². The van der Waals surface area contributed by atoms with Crippen molar-refractivity contribution in [2.75, 3.05) is 37.6 Å². The zero-order valence-electron chi connectivity index (χ0n) is 19.3. The van der Waals surface area contributed by atoms with Gasteiger partial charge in [0.05, 0.1) is 6.54 Å². The molecule has 0 spiro atoms. The topological polar surface area (TPSA) is 44.8 Å². The molecular weight excluding hydrogens is 466 g/mol. The summed E-state index contributed by atoms with van der Waals surface area (Å²) in [5, 5.41) is 5.67. The average molecular weight is 496 g/mol. The van der Waals surface area contributed by atoms with E-state index >= 15 is 0 Å². The van der Waals surface area contributed by atoms with Gasteiger partial charge in [-0.1, -0.05) is 35.9 Å². The van der Waals surface area contributed by atoms with Crippen LogP contribution in [0.3, 0.4) is 0 Å². The fraction of sp³-hybridized carbons (Fsp3) is 0.296. The van der Waals surface area contributed by atoms with Crippen molar-refractivity contribution in [1.29, 1.82) is 0 Å². The summed E-state index contributed by atoms with van der Waals surface area (Å²) in [5.41, 5.74) is 2.41. The molecule has 1 saturated heterocycles. The fourth-order valence-corrected chi connectivity index (χ4v) is 4.74. The number of hydrogen-bond donors (Lipinski definition) is 1. The minimum absolute atomic E-state index is 0.116. The monoisotopic (exact) mass is 495 g/mol. The summed E-state index contributed by atoms with van der Waals surface area (Å²) in [6, 6.07) is 20.2. The number of amides is 1. The Bertz CT molecular complexity index is 1090. The van der Waals surface area contributed by atoms with E-state index in [0.717, 1.165) is 48.4 Å². The first-order valence-electron chi connectivity index (χ1n) is 11.5. The van der Waals surface area contributed by atoms with Crippen molar-refractivity contribution in [2.45, 2.75) is 19.6 Å². The molecule has 1 aromatic heterocycles. The van der Waals surface area contributed by atoms with Gasteiger partial charge < -0.3 is 15.0 Å². The maximum absolute atomic E-state index is 12.0. The first kappa shape index (κ1) is 24.3. The lowest BCUT2D eigenvalue weighted by Gasteiger charge is -2.36. The van der Waals surface area contributed by atoms with Crippen LogP contribution >= 0.6 is 22.9 Å². The number of thiophene rings is 1. The van der Waals surface area contributed by atoms with E-state index in [-0.39, 0.29) is 12.0 Å². The van der Waals surface area contributed by atoms with Crippen LogP contribution in [0, 0.1) is 0 Å². The minimum atomic E-state index is -0.129. The van der Waals surface area contributed by atoms with Gasteiger partial charge in [-0.3, -0.25) is 9.69 Å². The molecule has 0 bridgehead atoms. The van der Waals surface area contributed by atoms with E-state index in [2.05, 4.69) is 33.3 Å². The highest BCUT2D eigenvalue weighted by Gasteiger charge is 2.18. The first-order chi connectivity index (χ1) is 16.5. The van der Waals surface area contributed by atoms with Crippen molar-refractivity contribution in [3.05, 3.63) is 87.6 Å². The molecule has 1 aliphatic heterocycles. The summed E-state index contributed by atoms with van der Waals surface area (Å²) < 4.78 is 6.06. The van der Waals surface area contributed by atoms with Gasteiger partial charge in [0, 0.05) is 54.4 Å². The van der Waals surface area contributed by atoms with Crippen molar-refractivity contribution in [2.24, 2.45) is 0 Å². The van der Waals surface area contributed by atoms with Crippen LogP contribution in [0.4, 0.5) is 5.69 Å². The fourth-order valence-electron chi connectivity index (χ4n) is 3.93. The number of nitrogens with one attached hydrogen (secondary N) is 1. The molecule has 5 nitrogen and oxygen atoms in total. The minimum Gasteiger partial charge on any atom is -0.489 e. The lowest BCUT2D eigenvalue weighted by molar-refractivity contribution is -0.116. The summed E-state index contributed by atoms with van der Waals surface area (Å²) in [6.45, 7) is 7.26. The molecule has 1 atom stereocenters. The molecule has 4 rings (SSSR count). The molecule has 3 aromatic rings. The lowest BCUT2D eigenvalue weighted by Crippen LogP contribution is -2.45. The van der Waals surface area contributed by atoms with Crippen molar-refractivity contribution in [3.63, 3.8) is 0 Å². The number of nitrogens with zero attached hydrogens (tertiary/aromatic N) is 2. The maximum Gasteiger partial charge on any atom is 0.244 e. The number of benzene rings is 2. The lowest BCUT2D eigenvalue weighted by atomic mass is 10.1. The highest BCUT2D eigenvalue weighted by Crippen LogP contribution is 2.22. The molecule has 1 amide bonds. The zero-order valence-corrected chi connectivity index (χ0v) is 20.9. The Kier molecular flexibility index (Phi) is 8.63. The molecule has 1 aliphatic rings. The van der Waals surface area contributed by atoms with Crippen LogP contribution in [-0.2, 0) is 11.3 Å². The van der Waals surface area contributed by atoms with Gasteiger partial charge in [-0.05, 0) is 60.3 Å². The van der Waals surface area contributed by atoms with Gasteiger partial charge in [-0.15, -0.1) is 11.3 Å². The van der Waals surface area contributed by atoms with Gasteiger partial charge in [0.15, 0.2) is 0 Å². The highest BCUT2D eigenvalue weighted by molar-refractivity contribution is 7.10. The molecule has 0 aliphatic carbocycles. The summed E-state index contributed by atoms with van der Waals surface area (Å²) in [4.78, 5) is 17.9. The highest BCUT2D eigenvalue weighted by atomic mass is 35.5. The Morgan fingerprint density at radius 1 is 1.12 bits per heavy atom. The van der Waals surface area contributed by atoms with Crippen LogP contribution in [0.5, 0.6) is 5.75 Å². The third kappa shape index (κ3) is 7.35. The van der Waals surface area contributed by atoms with Crippen molar-refractivity contribution in [1.82, 2.24) is 10.2 Å². The number of ether oxygens (including phenoxy) is 1. The summed E-state index contributed by atoms with van der Waals surface area (Å²) >= 11 is 7.75. The molecule has 0 radical (unpaired) electrons. The SMILES string of the molecule is CC(CNC(=O)C=Cc1cccs1)Oc1cccc(CN2CCN(c3cccc(Cl)c3)CC2)c1. The van der Waals surface area contributed by atoms with Gasteiger partial charge in [0.1, 0.15) is 11.9 Å². The number of halogens is 1. The number of hydrogen-bond acceptors (Lipinski definition) is 5. The van der Waals surface area contributed by atoms with Gasteiger partial charge in [-0.25, -0.2) is 0 Å². The quantitative estimate of drug-likeness (QED) is 0.408. The Morgan fingerprint density at radius 3 is 2.71 bits per heavy atom. The molecule has 1 fully saturated rings. The van der Waals surface area contributed by atoms with E-state index in [4.69, 9.17) is 16.3 Å². The molecule has 0 saturated carbocycles. The summed E-state index contributed by atoms with van der Waals surface area (Å²) in [6.07, 6.45) is 3.25. The Morgan fingerprint density at radius 2 is 1.94 bits per heavy atom. The largest absolute Gasteiger partial charge is 0.489 e.